The molecule has 0 saturated carbocycles. The number of fused-ring (bicyclic) bond motifs is 4. The summed E-state index contributed by atoms with van der Waals surface area (Å²) < 4.78 is 12.9. The van der Waals surface area contributed by atoms with E-state index in [2.05, 4.69) is 127 Å². The fourth-order valence-electron chi connectivity index (χ4n) is 5.80. The predicted molar refractivity (Wildman–Crippen MR) is 165 cm³/mol. The van der Waals surface area contributed by atoms with Crippen molar-refractivity contribution in [3.8, 4) is 44.9 Å². The summed E-state index contributed by atoms with van der Waals surface area (Å²) in [6.45, 7) is 0. The summed E-state index contributed by atoms with van der Waals surface area (Å²) >= 11 is 0. The zero-order valence-electron chi connectivity index (χ0n) is 21.7. The first-order valence-corrected chi connectivity index (χ1v) is 13.5. The Bertz CT molecular complexity index is 2160. The molecule has 0 unspecified atom stereocenters. The summed E-state index contributed by atoms with van der Waals surface area (Å²) in [5.41, 5.74) is 8.54. The summed E-state index contributed by atoms with van der Waals surface area (Å²) in [7, 11) is 0. The van der Waals surface area contributed by atoms with Crippen LogP contribution in [0.15, 0.2) is 154 Å². The van der Waals surface area contributed by atoms with Gasteiger partial charge in [0.25, 0.3) is 0 Å². The number of furan rings is 2. The third-order valence-electron chi connectivity index (χ3n) is 7.71. The second-order valence-electron chi connectivity index (χ2n) is 10.1. The minimum atomic E-state index is 0.878. The first-order valence-electron chi connectivity index (χ1n) is 13.5. The zero-order chi connectivity index (χ0) is 26.5. The van der Waals surface area contributed by atoms with E-state index >= 15 is 0 Å². The van der Waals surface area contributed by atoms with Crippen molar-refractivity contribution in [2.45, 2.75) is 0 Å². The molecule has 2 heterocycles. The molecular weight excluding hydrogens is 488 g/mol. The molecule has 6 aromatic carbocycles. The Balaban J connectivity index is 1.31. The minimum absolute atomic E-state index is 0.878. The number of benzene rings is 6. The van der Waals surface area contributed by atoms with E-state index < -0.39 is 0 Å². The van der Waals surface area contributed by atoms with Crippen LogP contribution in [0, 0.1) is 0 Å². The van der Waals surface area contributed by atoms with Gasteiger partial charge in [-0.1, -0.05) is 121 Å². The van der Waals surface area contributed by atoms with Gasteiger partial charge < -0.3 is 8.83 Å². The molecule has 0 aliphatic carbocycles. The van der Waals surface area contributed by atoms with E-state index in [1.807, 2.05) is 18.2 Å². The van der Waals surface area contributed by atoms with E-state index in [-0.39, 0.29) is 0 Å². The predicted octanol–water partition coefficient (Wildman–Crippen LogP) is 11.0. The monoisotopic (exact) mass is 512 g/mol. The van der Waals surface area contributed by atoms with Crippen LogP contribution >= 0.6 is 0 Å². The lowest BCUT2D eigenvalue weighted by Crippen LogP contribution is -1.84. The van der Waals surface area contributed by atoms with E-state index in [4.69, 9.17) is 8.83 Å². The van der Waals surface area contributed by atoms with Gasteiger partial charge in [-0.05, 0) is 46.5 Å². The SMILES string of the molecule is c1ccc(-c2cccc(-c3oc(-c4ccccc4-c4ccc5oc6ccccc6c5c4)c4ccccc34)c2)cc1. The second-order valence-corrected chi connectivity index (χ2v) is 10.1. The fourth-order valence-corrected chi connectivity index (χ4v) is 5.80. The van der Waals surface area contributed by atoms with Crippen molar-refractivity contribution in [1.29, 1.82) is 0 Å². The number of para-hydroxylation sites is 1. The van der Waals surface area contributed by atoms with Gasteiger partial charge in [-0.15, -0.1) is 0 Å². The standard InChI is InChI=1S/C38H24O2/c1-2-11-25(12-3-1)26-13-10-14-28(23-26)37-32-18-6-7-19-33(32)38(40-37)31-17-5-4-15-29(31)27-21-22-36-34(24-27)30-16-8-9-20-35(30)39-36/h1-24H. The maximum absolute atomic E-state index is 6.81. The molecule has 0 spiro atoms. The lowest BCUT2D eigenvalue weighted by Gasteiger charge is -2.09. The minimum Gasteiger partial charge on any atom is -0.456 e. The van der Waals surface area contributed by atoms with Crippen molar-refractivity contribution in [2.24, 2.45) is 0 Å². The summed E-state index contributed by atoms with van der Waals surface area (Å²) in [6, 6.07) is 50.7. The molecule has 2 nitrogen and oxygen atoms in total. The first kappa shape index (κ1) is 22.6. The molecule has 0 atom stereocenters. The number of hydrogen-bond acceptors (Lipinski definition) is 2. The molecule has 0 fully saturated rings. The summed E-state index contributed by atoms with van der Waals surface area (Å²) in [4.78, 5) is 0. The highest BCUT2D eigenvalue weighted by atomic mass is 16.3. The Hall–Kier alpha value is -5.34. The molecule has 0 bridgehead atoms. The van der Waals surface area contributed by atoms with Crippen molar-refractivity contribution in [1.82, 2.24) is 0 Å². The Labute approximate surface area is 231 Å². The molecule has 8 aromatic rings. The van der Waals surface area contributed by atoms with Crippen LogP contribution in [0.2, 0.25) is 0 Å². The van der Waals surface area contributed by atoms with E-state index in [1.54, 1.807) is 0 Å². The van der Waals surface area contributed by atoms with Crippen LogP contribution in [0.1, 0.15) is 0 Å². The molecular formula is C38H24O2. The molecule has 0 aliphatic rings. The van der Waals surface area contributed by atoms with Crippen LogP contribution in [-0.4, -0.2) is 0 Å². The van der Waals surface area contributed by atoms with Crippen LogP contribution in [-0.2, 0) is 0 Å². The number of rotatable bonds is 4. The van der Waals surface area contributed by atoms with Gasteiger partial charge in [-0.25, -0.2) is 0 Å². The van der Waals surface area contributed by atoms with Crippen molar-refractivity contribution >= 4 is 32.7 Å². The molecule has 0 radical (unpaired) electrons. The lowest BCUT2D eigenvalue weighted by molar-refractivity contribution is 0.602. The number of hydrogen-bond donors (Lipinski definition) is 0. The molecule has 188 valence electrons. The van der Waals surface area contributed by atoms with E-state index in [1.165, 1.54) is 11.1 Å². The first-order chi connectivity index (χ1) is 19.8. The average Bonchev–Trinajstić information content (AvgIpc) is 3.60. The molecule has 40 heavy (non-hydrogen) atoms. The van der Waals surface area contributed by atoms with Gasteiger partial charge in [-0.2, -0.15) is 0 Å². The Morgan fingerprint density at radius 1 is 0.300 bits per heavy atom. The molecule has 0 N–H and O–H groups in total. The van der Waals surface area contributed by atoms with Crippen molar-refractivity contribution < 1.29 is 8.83 Å². The van der Waals surface area contributed by atoms with Gasteiger partial charge >= 0.3 is 0 Å². The summed E-state index contributed by atoms with van der Waals surface area (Å²) in [5, 5.41) is 4.45. The quantitative estimate of drug-likeness (QED) is 0.234. The van der Waals surface area contributed by atoms with Crippen molar-refractivity contribution in [3.63, 3.8) is 0 Å². The normalized spacial score (nSPS) is 11.5. The third-order valence-corrected chi connectivity index (χ3v) is 7.71. The zero-order valence-corrected chi connectivity index (χ0v) is 21.7. The molecule has 2 heteroatoms. The Kier molecular flexibility index (Phi) is 5.17. The smallest absolute Gasteiger partial charge is 0.143 e. The average molecular weight is 513 g/mol. The maximum atomic E-state index is 6.81. The van der Waals surface area contributed by atoms with E-state index in [9.17, 15) is 0 Å². The highest BCUT2D eigenvalue weighted by Gasteiger charge is 2.19. The van der Waals surface area contributed by atoms with Gasteiger partial charge in [0.2, 0.25) is 0 Å². The lowest BCUT2D eigenvalue weighted by atomic mass is 9.95. The van der Waals surface area contributed by atoms with Crippen molar-refractivity contribution in [3.05, 3.63) is 146 Å². The van der Waals surface area contributed by atoms with Crippen LogP contribution in [0.3, 0.4) is 0 Å². The van der Waals surface area contributed by atoms with Crippen LogP contribution < -0.4 is 0 Å². The molecule has 0 aliphatic heterocycles. The van der Waals surface area contributed by atoms with E-state index in [0.29, 0.717) is 0 Å². The summed E-state index contributed by atoms with van der Waals surface area (Å²) in [6.07, 6.45) is 0. The van der Waals surface area contributed by atoms with Crippen LogP contribution in [0.4, 0.5) is 0 Å². The molecule has 8 rings (SSSR count). The highest BCUT2D eigenvalue weighted by molar-refractivity contribution is 6.08. The van der Waals surface area contributed by atoms with E-state index in [0.717, 1.165) is 66.5 Å². The van der Waals surface area contributed by atoms with Gasteiger partial charge in [0.15, 0.2) is 0 Å². The molecule has 0 saturated heterocycles. The van der Waals surface area contributed by atoms with Crippen LogP contribution in [0.25, 0.3) is 77.6 Å². The van der Waals surface area contributed by atoms with Gasteiger partial charge in [-0.3, -0.25) is 0 Å². The second kappa shape index (κ2) is 9.14. The molecule has 2 aromatic heterocycles. The van der Waals surface area contributed by atoms with Gasteiger partial charge in [0, 0.05) is 32.7 Å². The Morgan fingerprint density at radius 3 is 1.77 bits per heavy atom. The summed E-state index contributed by atoms with van der Waals surface area (Å²) in [5.74, 6) is 1.76. The Morgan fingerprint density at radius 2 is 0.925 bits per heavy atom. The topological polar surface area (TPSA) is 26.3 Å². The fraction of sp³-hybridized carbons (Fsp3) is 0. The third kappa shape index (κ3) is 3.65. The highest BCUT2D eigenvalue weighted by Crippen LogP contribution is 2.43. The maximum Gasteiger partial charge on any atom is 0.143 e. The molecule has 0 amide bonds. The largest absolute Gasteiger partial charge is 0.456 e. The van der Waals surface area contributed by atoms with Gasteiger partial charge in [0.1, 0.15) is 22.7 Å². The van der Waals surface area contributed by atoms with Crippen LogP contribution in [0.5, 0.6) is 0 Å². The van der Waals surface area contributed by atoms with Crippen molar-refractivity contribution in [2.75, 3.05) is 0 Å². The van der Waals surface area contributed by atoms with Gasteiger partial charge in [0.05, 0.1) is 0 Å².